The average molecular weight is 306 g/mol. The van der Waals surface area contributed by atoms with Crippen LogP contribution >= 0.6 is 11.6 Å². The molecule has 0 spiro atoms. The lowest BCUT2D eigenvalue weighted by atomic mass is 10.1. The second-order valence-electron chi connectivity index (χ2n) is 4.49. The zero-order chi connectivity index (χ0) is 14.9. The molecule has 1 aliphatic heterocycles. The van der Waals surface area contributed by atoms with Crippen molar-refractivity contribution in [2.75, 3.05) is 0 Å². The Labute approximate surface area is 119 Å². The maximum atomic E-state index is 12.9. The highest BCUT2D eigenvalue weighted by Crippen LogP contribution is 2.34. The first-order chi connectivity index (χ1) is 9.29. The molecule has 0 aliphatic carbocycles. The lowest BCUT2D eigenvalue weighted by Gasteiger charge is -2.34. The molecule has 20 heavy (non-hydrogen) atoms. The molecule has 1 nitrogen and oxygen atoms in total. The van der Waals surface area contributed by atoms with Gasteiger partial charge in [-0.15, -0.1) is 0 Å². The standard InChI is InChI=1S/C14H12ClF4N/c1-9(10-2-5-12(16)6-3-10)20-8-11(14(17,18)19)4-7-13(20)15/h2-9,13H,1H3/t9-,13?/m0/s1. The van der Waals surface area contributed by atoms with E-state index in [4.69, 9.17) is 11.6 Å². The molecule has 6 heteroatoms. The summed E-state index contributed by atoms with van der Waals surface area (Å²) in [4.78, 5) is 1.39. The normalized spacial score (nSPS) is 20.8. The molecule has 0 radical (unpaired) electrons. The summed E-state index contributed by atoms with van der Waals surface area (Å²) in [6, 6.07) is 5.19. The fraction of sp³-hybridized carbons (Fsp3) is 0.286. The van der Waals surface area contributed by atoms with E-state index in [1.54, 1.807) is 6.92 Å². The van der Waals surface area contributed by atoms with Gasteiger partial charge in [-0.2, -0.15) is 13.2 Å². The Morgan fingerprint density at radius 1 is 1.20 bits per heavy atom. The molecule has 108 valence electrons. The number of benzene rings is 1. The van der Waals surface area contributed by atoms with Crippen LogP contribution in [0.1, 0.15) is 18.5 Å². The van der Waals surface area contributed by atoms with Crippen LogP contribution in [0.15, 0.2) is 48.2 Å². The van der Waals surface area contributed by atoms with Crippen molar-refractivity contribution in [1.82, 2.24) is 4.90 Å². The van der Waals surface area contributed by atoms with Crippen LogP contribution in [-0.2, 0) is 0 Å². The molecule has 0 fully saturated rings. The van der Waals surface area contributed by atoms with Crippen LogP contribution in [0.4, 0.5) is 17.6 Å². The average Bonchev–Trinajstić information content (AvgIpc) is 2.38. The summed E-state index contributed by atoms with van der Waals surface area (Å²) < 4.78 is 51.0. The summed E-state index contributed by atoms with van der Waals surface area (Å²) in [5.74, 6) is -0.395. The summed E-state index contributed by atoms with van der Waals surface area (Å²) in [6.45, 7) is 1.71. The fourth-order valence-corrected chi connectivity index (χ4v) is 2.26. The van der Waals surface area contributed by atoms with Crippen molar-refractivity contribution in [3.63, 3.8) is 0 Å². The molecular weight excluding hydrogens is 294 g/mol. The van der Waals surface area contributed by atoms with Gasteiger partial charge in [-0.25, -0.2) is 4.39 Å². The highest BCUT2D eigenvalue weighted by molar-refractivity contribution is 6.21. The van der Waals surface area contributed by atoms with Crippen molar-refractivity contribution in [2.24, 2.45) is 0 Å². The lowest BCUT2D eigenvalue weighted by Crippen LogP contribution is -2.32. The summed E-state index contributed by atoms with van der Waals surface area (Å²) in [6.07, 6.45) is -1.18. The van der Waals surface area contributed by atoms with Crippen molar-refractivity contribution in [2.45, 2.75) is 24.6 Å². The van der Waals surface area contributed by atoms with E-state index in [0.717, 1.165) is 12.3 Å². The number of halogens is 5. The molecule has 1 aromatic carbocycles. The molecule has 0 N–H and O–H groups in total. The van der Waals surface area contributed by atoms with Crippen molar-refractivity contribution < 1.29 is 17.6 Å². The van der Waals surface area contributed by atoms with Gasteiger partial charge in [0, 0.05) is 6.20 Å². The molecule has 2 atom stereocenters. The van der Waals surface area contributed by atoms with Crippen LogP contribution in [0.2, 0.25) is 0 Å². The van der Waals surface area contributed by atoms with Crippen LogP contribution in [0.5, 0.6) is 0 Å². The fourth-order valence-electron chi connectivity index (χ4n) is 1.96. The minimum Gasteiger partial charge on any atom is -0.351 e. The third kappa shape index (κ3) is 3.15. The topological polar surface area (TPSA) is 3.24 Å². The molecule has 1 heterocycles. The Balaban J connectivity index is 2.28. The van der Waals surface area contributed by atoms with Gasteiger partial charge in [0.05, 0.1) is 11.6 Å². The van der Waals surface area contributed by atoms with Gasteiger partial charge >= 0.3 is 6.18 Å². The minimum absolute atomic E-state index is 0.395. The third-order valence-electron chi connectivity index (χ3n) is 3.13. The Kier molecular flexibility index (Phi) is 4.09. The summed E-state index contributed by atoms with van der Waals surface area (Å²) in [5.41, 5.74) is -0.755. The van der Waals surface area contributed by atoms with E-state index in [0.29, 0.717) is 5.56 Å². The number of hydrogen-bond acceptors (Lipinski definition) is 1. The number of rotatable bonds is 2. The van der Waals surface area contributed by atoms with Gasteiger partial charge in [0.15, 0.2) is 0 Å². The molecule has 0 aromatic heterocycles. The minimum atomic E-state index is -4.42. The summed E-state index contributed by atoms with van der Waals surface area (Å²) in [5, 5.41) is 0. The van der Waals surface area contributed by atoms with E-state index in [-0.39, 0.29) is 0 Å². The second-order valence-corrected chi connectivity index (χ2v) is 4.94. The van der Waals surface area contributed by atoms with Crippen LogP contribution in [-0.4, -0.2) is 16.6 Å². The highest BCUT2D eigenvalue weighted by Gasteiger charge is 2.35. The van der Waals surface area contributed by atoms with Gasteiger partial charge in [0.25, 0.3) is 0 Å². The van der Waals surface area contributed by atoms with Crippen molar-refractivity contribution in [1.29, 1.82) is 0 Å². The molecule has 1 aliphatic rings. The Morgan fingerprint density at radius 3 is 2.35 bits per heavy atom. The monoisotopic (exact) mass is 305 g/mol. The van der Waals surface area contributed by atoms with E-state index in [1.807, 2.05) is 0 Å². The smallest absolute Gasteiger partial charge is 0.351 e. The van der Waals surface area contributed by atoms with E-state index in [1.165, 1.54) is 35.2 Å². The zero-order valence-corrected chi connectivity index (χ0v) is 11.3. The van der Waals surface area contributed by atoms with Crippen molar-refractivity contribution in [3.8, 4) is 0 Å². The first-order valence-corrected chi connectivity index (χ1v) is 6.37. The van der Waals surface area contributed by atoms with E-state index in [2.05, 4.69) is 0 Å². The number of alkyl halides is 4. The summed E-state index contributed by atoms with van der Waals surface area (Å²) >= 11 is 6.03. The van der Waals surface area contributed by atoms with Crippen LogP contribution in [0.25, 0.3) is 0 Å². The predicted octanol–water partition coefficient (Wildman–Crippen LogP) is 4.77. The Hall–Kier alpha value is -1.49. The van der Waals surface area contributed by atoms with Crippen LogP contribution < -0.4 is 0 Å². The van der Waals surface area contributed by atoms with Gasteiger partial charge in [-0.05, 0) is 36.8 Å². The van der Waals surface area contributed by atoms with Gasteiger partial charge in [-0.1, -0.05) is 23.7 Å². The first-order valence-electron chi connectivity index (χ1n) is 5.93. The maximum absolute atomic E-state index is 12.9. The molecular formula is C14H12ClF4N. The molecule has 0 saturated heterocycles. The van der Waals surface area contributed by atoms with Gasteiger partial charge < -0.3 is 4.90 Å². The van der Waals surface area contributed by atoms with E-state index >= 15 is 0 Å². The van der Waals surface area contributed by atoms with Crippen LogP contribution in [0, 0.1) is 5.82 Å². The quantitative estimate of drug-likeness (QED) is 0.432. The molecule has 0 amide bonds. The summed E-state index contributed by atoms with van der Waals surface area (Å²) in [7, 11) is 0. The van der Waals surface area contributed by atoms with E-state index in [9.17, 15) is 17.6 Å². The highest BCUT2D eigenvalue weighted by atomic mass is 35.5. The molecule has 0 bridgehead atoms. The number of nitrogens with zero attached hydrogens (tertiary/aromatic N) is 1. The Bertz CT molecular complexity index is 533. The van der Waals surface area contributed by atoms with Gasteiger partial charge in [0.1, 0.15) is 11.3 Å². The predicted molar refractivity (Wildman–Crippen MR) is 69.6 cm³/mol. The van der Waals surface area contributed by atoms with Gasteiger partial charge in [-0.3, -0.25) is 0 Å². The second kappa shape index (κ2) is 5.48. The largest absolute Gasteiger partial charge is 0.417 e. The zero-order valence-electron chi connectivity index (χ0n) is 10.5. The first kappa shape index (κ1) is 14.9. The lowest BCUT2D eigenvalue weighted by molar-refractivity contribution is -0.0899. The van der Waals surface area contributed by atoms with Crippen molar-refractivity contribution >= 4 is 11.6 Å². The van der Waals surface area contributed by atoms with Crippen LogP contribution in [0.3, 0.4) is 0 Å². The SMILES string of the molecule is C[C@@H](c1ccc(F)cc1)N1C=C(C(F)(F)F)C=CC1Cl. The van der Waals surface area contributed by atoms with Gasteiger partial charge in [0.2, 0.25) is 0 Å². The number of hydrogen-bond donors (Lipinski definition) is 0. The van der Waals surface area contributed by atoms with E-state index < -0.39 is 29.1 Å². The number of allylic oxidation sites excluding steroid dienone is 2. The van der Waals surface area contributed by atoms with Crippen molar-refractivity contribution in [3.05, 3.63) is 59.6 Å². The molecule has 2 rings (SSSR count). The Morgan fingerprint density at radius 2 is 1.80 bits per heavy atom. The molecule has 1 unspecified atom stereocenters. The third-order valence-corrected chi connectivity index (χ3v) is 3.51. The molecule has 0 saturated carbocycles. The molecule has 1 aromatic rings. The maximum Gasteiger partial charge on any atom is 0.417 e.